The molecule has 1 saturated heterocycles. The number of carbonyl (C=O) groups is 1. The Morgan fingerprint density at radius 3 is 3.00 bits per heavy atom. The molecule has 110 valence electrons. The number of benzene rings is 1. The first kappa shape index (κ1) is 14.9. The molecule has 1 amide bonds. The van der Waals surface area contributed by atoms with Crippen LogP contribution < -0.4 is 15.4 Å². The van der Waals surface area contributed by atoms with Gasteiger partial charge in [-0.25, -0.2) is 0 Å². The number of hydrogen-bond donors (Lipinski definition) is 2. The molecule has 1 aliphatic rings. The monoisotopic (exact) mass is 276 g/mol. The van der Waals surface area contributed by atoms with Gasteiger partial charge in [0.05, 0.1) is 12.8 Å². The predicted octanol–water partition coefficient (Wildman–Crippen LogP) is 2.66. The van der Waals surface area contributed by atoms with Crippen LogP contribution >= 0.6 is 0 Å². The van der Waals surface area contributed by atoms with Gasteiger partial charge in [0.25, 0.3) is 0 Å². The lowest BCUT2D eigenvalue weighted by Crippen LogP contribution is -2.34. The minimum absolute atomic E-state index is 0.0626. The van der Waals surface area contributed by atoms with Crippen LogP contribution in [0.15, 0.2) is 24.3 Å². The molecule has 20 heavy (non-hydrogen) atoms. The van der Waals surface area contributed by atoms with Crippen molar-refractivity contribution < 1.29 is 9.53 Å². The summed E-state index contributed by atoms with van der Waals surface area (Å²) in [4.78, 5) is 12.1. The van der Waals surface area contributed by atoms with Crippen molar-refractivity contribution in [3.8, 4) is 5.75 Å². The van der Waals surface area contributed by atoms with Crippen LogP contribution in [0.4, 0.5) is 5.69 Å². The maximum Gasteiger partial charge on any atom is 0.224 e. The summed E-state index contributed by atoms with van der Waals surface area (Å²) < 4.78 is 5.24. The van der Waals surface area contributed by atoms with Gasteiger partial charge in [-0.3, -0.25) is 4.79 Å². The van der Waals surface area contributed by atoms with Gasteiger partial charge in [-0.1, -0.05) is 19.1 Å². The second kappa shape index (κ2) is 7.29. The lowest BCUT2D eigenvalue weighted by atomic mass is 9.85. The van der Waals surface area contributed by atoms with E-state index in [1.807, 2.05) is 24.3 Å². The highest BCUT2D eigenvalue weighted by atomic mass is 16.5. The molecule has 2 N–H and O–H groups in total. The zero-order valence-corrected chi connectivity index (χ0v) is 12.3. The molecule has 1 aliphatic heterocycles. The SMILES string of the molecule is COc1ccccc1NC(=O)CC(C)C1CCCNC1. The Balaban J connectivity index is 1.88. The Morgan fingerprint density at radius 2 is 2.30 bits per heavy atom. The van der Waals surface area contributed by atoms with E-state index >= 15 is 0 Å². The molecule has 4 nitrogen and oxygen atoms in total. The molecule has 0 aliphatic carbocycles. The molecule has 0 saturated carbocycles. The highest BCUT2D eigenvalue weighted by Gasteiger charge is 2.22. The highest BCUT2D eigenvalue weighted by molar-refractivity contribution is 5.92. The molecule has 1 fully saturated rings. The molecule has 2 unspecified atom stereocenters. The van der Waals surface area contributed by atoms with E-state index in [1.54, 1.807) is 7.11 Å². The molecular formula is C16H24N2O2. The fourth-order valence-electron chi connectivity index (χ4n) is 2.77. The van der Waals surface area contributed by atoms with Crippen molar-refractivity contribution in [1.29, 1.82) is 0 Å². The lowest BCUT2D eigenvalue weighted by Gasteiger charge is -2.28. The number of piperidine rings is 1. The van der Waals surface area contributed by atoms with Gasteiger partial charge in [0.15, 0.2) is 0 Å². The molecule has 1 aromatic carbocycles. The third kappa shape index (κ3) is 3.97. The number of nitrogens with one attached hydrogen (secondary N) is 2. The van der Waals surface area contributed by atoms with Crippen molar-refractivity contribution in [2.24, 2.45) is 11.8 Å². The van der Waals surface area contributed by atoms with Gasteiger partial charge < -0.3 is 15.4 Å². The number of carbonyl (C=O) groups excluding carboxylic acids is 1. The number of ether oxygens (including phenoxy) is 1. The number of anilines is 1. The smallest absolute Gasteiger partial charge is 0.224 e. The predicted molar refractivity (Wildman–Crippen MR) is 81.0 cm³/mol. The van der Waals surface area contributed by atoms with E-state index in [0.29, 0.717) is 24.0 Å². The average Bonchev–Trinajstić information content (AvgIpc) is 2.48. The van der Waals surface area contributed by atoms with Gasteiger partial charge in [-0.15, -0.1) is 0 Å². The number of amides is 1. The largest absolute Gasteiger partial charge is 0.495 e. The normalized spacial score (nSPS) is 20.2. The van der Waals surface area contributed by atoms with Crippen LogP contribution in [-0.2, 0) is 4.79 Å². The van der Waals surface area contributed by atoms with Gasteiger partial charge >= 0.3 is 0 Å². The summed E-state index contributed by atoms with van der Waals surface area (Å²) >= 11 is 0. The van der Waals surface area contributed by atoms with E-state index in [4.69, 9.17) is 4.74 Å². The summed E-state index contributed by atoms with van der Waals surface area (Å²) in [5, 5.41) is 6.35. The van der Waals surface area contributed by atoms with Crippen LogP contribution in [0.3, 0.4) is 0 Å². The van der Waals surface area contributed by atoms with E-state index in [9.17, 15) is 4.79 Å². The Hall–Kier alpha value is -1.55. The minimum atomic E-state index is 0.0626. The fraction of sp³-hybridized carbons (Fsp3) is 0.562. The van der Waals surface area contributed by atoms with E-state index in [1.165, 1.54) is 12.8 Å². The molecule has 0 bridgehead atoms. The third-order valence-electron chi connectivity index (χ3n) is 4.03. The van der Waals surface area contributed by atoms with Gasteiger partial charge in [0, 0.05) is 6.42 Å². The second-order valence-corrected chi connectivity index (χ2v) is 5.54. The zero-order chi connectivity index (χ0) is 14.4. The van der Waals surface area contributed by atoms with Crippen molar-refractivity contribution in [2.45, 2.75) is 26.2 Å². The van der Waals surface area contributed by atoms with Gasteiger partial charge in [-0.05, 0) is 49.9 Å². The van der Waals surface area contributed by atoms with E-state index in [-0.39, 0.29) is 5.91 Å². The number of hydrogen-bond acceptors (Lipinski definition) is 3. The Kier molecular flexibility index (Phi) is 5.41. The lowest BCUT2D eigenvalue weighted by molar-refractivity contribution is -0.117. The molecule has 0 aromatic heterocycles. The summed E-state index contributed by atoms with van der Waals surface area (Å²) in [6.45, 7) is 4.30. The molecule has 0 spiro atoms. The molecule has 2 rings (SSSR count). The van der Waals surface area contributed by atoms with Gasteiger partial charge in [0.2, 0.25) is 5.91 Å². The third-order valence-corrected chi connectivity index (χ3v) is 4.03. The average molecular weight is 276 g/mol. The highest BCUT2D eigenvalue weighted by Crippen LogP contribution is 2.26. The van der Waals surface area contributed by atoms with Crippen molar-refractivity contribution in [3.63, 3.8) is 0 Å². The fourth-order valence-corrected chi connectivity index (χ4v) is 2.77. The Bertz CT molecular complexity index is 442. The second-order valence-electron chi connectivity index (χ2n) is 5.54. The summed E-state index contributed by atoms with van der Waals surface area (Å²) in [6, 6.07) is 7.51. The van der Waals surface area contributed by atoms with Crippen molar-refractivity contribution in [1.82, 2.24) is 5.32 Å². The maximum atomic E-state index is 12.1. The molecule has 0 radical (unpaired) electrons. The van der Waals surface area contributed by atoms with Crippen LogP contribution in [0.1, 0.15) is 26.2 Å². The van der Waals surface area contributed by atoms with Crippen LogP contribution in [0.2, 0.25) is 0 Å². The van der Waals surface area contributed by atoms with Crippen molar-refractivity contribution in [3.05, 3.63) is 24.3 Å². The molecule has 1 heterocycles. The number of para-hydroxylation sites is 2. The maximum absolute atomic E-state index is 12.1. The summed E-state index contributed by atoms with van der Waals surface area (Å²) in [7, 11) is 1.61. The van der Waals surface area contributed by atoms with Crippen molar-refractivity contribution >= 4 is 11.6 Å². The van der Waals surface area contributed by atoms with Crippen LogP contribution in [0, 0.1) is 11.8 Å². The van der Waals surface area contributed by atoms with Crippen LogP contribution in [0.25, 0.3) is 0 Å². The standard InChI is InChI=1S/C16H24N2O2/c1-12(13-6-5-9-17-11-13)10-16(19)18-14-7-3-4-8-15(14)20-2/h3-4,7-8,12-13,17H,5-6,9-11H2,1-2H3,(H,18,19). The quantitative estimate of drug-likeness (QED) is 0.869. The number of methoxy groups -OCH3 is 1. The minimum Gasteiger partial charge on any atom is -0.495 e. The van der Waals surface area contributed by atoms with Crippen LogP contribution in [-0.4, -0.2) is 26.1 Å². The van der Waals surface area contributed by atoms with E-state index < -0.39 is 0 Å². The van der Waals surface area contributed by atoms with Crippen LogP contribution in [0.5, 0.6) is 5.75 Å². The number of rotatable bonds is 5. The first-order valence-corrected chi connectivity index (χ1v) is 7.34. The first-order chi connectivity index (χ1) is 9.70. The zero-order valence-electron chi connectivity index (χ0n) is 12.3. The topological polar surface area (TPSA) is 50.4 Å². The van der Waals surface area contributed by atoms with Gasteiger partial charge in [-0.2, -0.15) is 0 Å². The molecular weight excluding hydrogens is 252 g/mol. The Labute approximate surface area is 120 Å². The molecule has 1 aromatic rings. The molecule has 4 heteroatoms. The summed E-state index contributed by atoms with van der Waals surface area (Å²) in [6.07, 6.45) is 2.99. The Morgan fingerprint density at radius 1 is 1.50 bits per heavy atom. The van der Waals surface area contributed by atoms with E-state index in [0.717, 1.165) is 18.8 Å². The molecule has 2 atom stereocenters. The summed E-state index contributed by atoms with van der Waals surface area (Å²) in [5.41, 5.74) is 0.744. The van der Waals surface area contributed by atoms with Gasteiger partial charge in [0.1, 0.15) is 5.75 Å². The summed E-state index contributed by atoms with van der Waals surface area (Å²) in [5.74, 6) is 1.77. The first-order valence-electron chi connectivity index (χ1n) is 7.34. The van der Waals surface area contributed by atoms with Crippen molar-refractivity contribution in [2.75, 3.05) is 25.5 Å². The van der Waals surface area contributed by atoms with E-state index in [2.05, 4.69) is 17.6 Å².